The molecule has 0 bridgehead atoms. The predicted molar refractivity (Wildman–Crippen MR) is 136 cm³/mol. The Kier molecular flexibility index (Phi) is 7.11. The first kappa shape index (κ1) is 23.2. The molecule has 3 heterocycles. The summed E-state index contributed by atoms with van der Waals surface area (Å²) >= 11 is 1.72. The zero-order valence-electron chi connectivity index (χ0n) is 20.1. The summed E-state index contributed by atoms with van der Waals surface area (Å²) in [6.07, 6.45) is 8.74. The third-order valence-corrected chi connectivity index (χ3v) is 8.10. The molecule has 180 valence electrons. The van der Waals surface area contributed by atoms with E-state index in [0.717, 1.165) is 66.5 Å². The number of amides is 1. The van der Waals surface area contributed by atoms with Crippen LogP contribution in [0, 0.1) is 5.92 Å². The average molecular weight is 479 g/mol. The summed E-state index contributed by atoms with van der Waals surface area (Å²) in [7, 11) is 0. The second-order valence-electron chi connectivity index (χ2n) is 9.90. The lowest BCUT2D eigenvalue weighted by atomic mass is 9.84. The molecule has 0 atom stereocenters. The van der Waals surface area contributed by atoms with Gasteiger partial charge >= 0.3 is 0 Å². The van der Waals surface area contributed by atoms with Gasteiger partial charge in [-0.2, -0.15) is 0 Å². The van der Waals surface area contributed by atoms with E-state index in [2.05, 4.69) is 15.2 Å². The van der Waals surface area contributed by atoms with E-state index >= 15 is 0 Å². The van der Waals surface area contributed by atoms with Gasteiger partial charge < -0.3 is 10.1 Å². The third-order valence-electron chi connectivity index (χ3n) is 7.05. The van der Waals surface area contributed by atoms with Crippen LogP contribution in [0.15, 0.2) is 36.5 Å². The average Bonchev–Trinajstić information content (AvgIpc) is 3.24. The molecule has 0 saturated heterocycles. The molecule has 6 nitrogen and oxygen atoms in total. The van der Waals surface area contributed by atoms with Gasteiger partial charge in [-0.15, -0.1) is 0 Å². The van der Waals surface area contributed by atoms with E-state index in [4.69, 9.17) is 9.72 Å². The van der Waals surface area contributed by atoms with Crippen LogP contribution in [-0.4, -0.2) is 46.0 Å². The molecule has 0 unspecified atom stereocenters. The lowest BCUT2D eigenvalue weighted by molar-refractivity contribution is 0.0921. The number of ether oxygens (including phenoxy) is 1. The topological polar surface area (TPSA) is 67.3 Å². The monoisotopic (exact) mass is 478 g/mol. The zero-order valence-corrected chi connectivity index (χ0v) is 20.9. The number of rotatable bonds is 7. The number of carbonyl (C=O) groups is 1. The van der Waals surface area contributed by atoms with Crippen LogP contribution in [0.5, 0.6) is 5.19 Å². The number of hydrogen-bond donors (Lipinski definition) is 1. The minimum atomic E-state index is 0.0234. The third kappa shape index (κ3) is 5.41. The van der Waals surface area contributed by atoms with Gasteiger partial charge in [-0.25, -0.2) is 4.98 Å². The van der Waals surface area contributed by atoms with E-state index in [9.17, 15) is 4.79 Å². The van der Waals surface area contributed by atoms with Crippen molar-refractivity contribution in [3.63, 3.8) is 0 Å². The molecule has 3 aromatic rings. The Hall–Kier alpha value is -2.51. The van der Waals surface area contributed by atoms with Crippen LogP contribution in [0.2, 0.25) is 0 Å². The van der Waals surface area contributed by atoms with E-state index in [-0.39, 0.29) is 18.1 Å². The quantitative estimate of drug-likeness (QED) is 0.505. The van der Waals surface area contributed by atoms with Crippen molar-refractivity contribution in [2.75, 3.05) is 13.1 Å². The van der Waals surface area contributed by atoms with Gasteiger partial charge in [-0.1, -0.05) is 23.5 Å². The van der Waals surface area contributed by atoms with Gasteiger partial charge in [0.1, 0.15) is 0 Å². The smallest absolute Gasteiger partial charge is 0.273 e. The van der Waals surface area contributed by atoms with Gasteiger partial charge in [0.25, 0.3) is 11.1 Å². The summed E-state index contributed by atoms with van der Waals surface area (Å²) < 4.78 is 5.80. The van der Waals surface area contributed by atoms with Gasteiger partial charge in [-0.3, -0.25) is 14.7 Å². The molecule has 34 heavy (non-hydrogen) atoms. The van der Waals surface area contributed by atoms with E-state index in [0.29, 0.717) is 0 Å². The van der Waals surface area contributed by atoms with Crippen LogP contribution in [0.4, 0.5) is 0 Å². The maximum absolute atomic E-state index is 12.9. The van der Waals surface area contributed by atoms with Crippen LogP contribution in [0.25, 0.3) is 10.9 Å². The molecule has 1 aliphatic heterocycles. The summed E-state index contributed by atoms with van der Waals surface area (Å²) in [5.41, 5.74) is 2.80. The van der Waals surface area contributed by atoms with Gasteiger partial charge in [0.2, 0.25) is 0 Å². The molecule has 2 aromatic heterocycles. The normalized spacial score (nSPS) is 20.9. The van der Waals surface area contributed by atoms with Crippen molar-refractivity contribution in [3.05, 3.63) is 52.7 Å². The zero-order chi connectivity index (χ0) is 23.5. The SMILES string of the molecule is CC(C)Oc1nc2c(s1)CCN(CCC1CCC(NC(=O)c3cccc4ncccc34)CC1)C2. The Labute approximate surface area is 205 Å². The molecule has 1 saturated carbocycles. The summed E-state index contributed by atoms with van der Waals surface area (Å²) in [5.74, 6) is 0.766. The van der Waals surface area contributed by atoms with Crippen molar-refractivity contribution in [1.29, 1.82) is 0 Å². The number of carbonyl (C=O) groups excluding carboxylic acids is 1. The molecule has 0 spiro atoms. The van der Waals surface area contributed by atoms with Crippen LogP contribution >= 0.6 is 11.3 Å². The summed E-state index contributed by atoms with van der Waals surface area (Å²) in [4.78, 5) is 26.0. The highest BCUT2D eigenvalue weighted by Gasteiger charge is 2.26. The first-order valence-corrected chi connectivity index (χ1v) is 13.4. The van der Waals surface area contributed by atoms with Gasteiger partial charge in [0.05, 0.1) is 17.3 Å². The van der Waals surface area contributed by atoms with E-state index in [1.807, 2.05) is 44.2 Å². The maximum Gasteiger partial charge on any atom is 0.273 e. The van der Waals surface area contributed by atoms with Crippen molar-refractivity contribution < 1.29 is 9.53 Å². The number of fused-ring (bicyclic) bond motifs is 2. The fraction of sp³-hybridized carbons (Fsp3) is 0.519. The van der Waals surface area contributed by atoms with Crippen LogP contribution in [0.1, 0.15) is 66.9 Å². The number of nitrogens with zero attached hydrogens (tertiary/aromatic N) is 3. The number of thiazole rings is 1. The van der Waals surface area contributed by atoms with Gasteiger partial charge in [-0.05, 0) is 83.0 Å². The number of aromatic nitrogens is 2. The highest BCUT2D eigenvalue weighted by atomic mass is 32.1. The summed E-state index contributed by atoms with van der Waals surface area (Å²) in [6, 6.07) is 9.89. The molecule has 1 N–H and O–H groups in total. The van der Waals surface area contributed by atoms with E-state index in [1.165, 1.54) is 29.8 Å². The Bertz CT molecular complexity index is 1130. The molecule has 2 aliphatic rings. The highest BCUT2D eigenvalue weighted by molar-refractivity contribution is 7.13. The van der Waals surface area contributed by atoms with Crippen LogP contribution < -0.4 is 10.1 Å². The highest BCUT2D eigenvalue weighted by Crippen LogP contribution is 2.32. The van der Waals surface area contributed by atoms with Crippen molar-refractivity contribution in [2.45, 2.75) is 71.1 Å². The number of benzene rings is 1. The lowest BCUT2D eigenvalue weighted by Crippen LogP contribution is -2.38. The van der Waals surface area contributed by atoms with E-state index < -0.39 is 0 Å². The van der Waals surface area contributed by atoms with Crippen molar-refractivity contribution >= 4 is 28.1 Å². The minimum Gasteiger partial charge on any atom is -0.467 e. The molecule has 1 amide bonds. The van der Waals surface area contributed by atoms with Crippen LogP contribution in [0.3, 0.4) is 0 Å². The van der Waals surface area contributed by atoms with Crippen molar-refractivity contribution in [1.82, 2.24) is 20.2 Å². The molecule has 7 heteroatoms. The Balaban J connectivity index is 1.08. The summed E-state index contributed by atoms with van der Waals surface area (Å²) in [5, 5.41) is 5.03. The minimum absolute atomic E-state index is 0.0234. The lowest BCUT2D eigenvalue weighted by Gasteiger charge is -2.32. The number of nitrogens with one attached hydrogen (secondary N) is 1. The summed E-state index contributed by atoms with van der Waals surface area (Å²) in [6.45, 7) is 7.28. The van der Waals surface area contributed by atoms with Crippen molar-refractivity contribution in [3.8, 4) is 5.19 Å². The van der Waals surface area contributed by atoms with Crippen LogP contribution in [-0.2, 0) is 13.0 Å². The Morgan fingerprint density at radius 1 is 1.21 bits per heavy atom. The second kappa shape index (κ2) is 10.4. The number of hydrogen-bond acceptors (Lipinski definition) is 6. The molecular formula is C27H34N4O2S. The van der Waals surface area contributed by atoms with Gasteiger partial charge in [0, 0.05) is 41.2 Å². The second-order valence-corrected chi connectivity index (χ2v) is 10.9. The predicted octanol–water partition coefficient (Wildman–Crippen LogP) is 5.22. The molecule has 1 aromatic carbocycles. The first-order valence-electron chi connectivity index (χ1n) is 12.6. The number of pyridine rings is 1. The molecule has 1 aliphatic carbocycles. The fourth-order valence-corrected chi connectivity index (χ4v) is 6.23. The first-order chi connectivity index (χ1) is 16.5. The molecular weight excluding hydrogens is 444 g/mol. The van der Waals surface area contributed by atoms with Crippen molar-refractivity contribution in [2.24, 2.45) is 5.92 Å². The maximum atomic E-state index is 12.9. The molecule has 5 rings (SSSR count). The fourth-order valence-electron chi connectivity index (χ4n) is 5.20. The molecule has 1 fully saturated rings. The van der Waals surface area contributed by atoms with Gasteiger partial charge in [0.15, 0.2) is 0 Å². The standard InChI is InChI=1S/C27H34N4O2S/c1-18(2)33-27-30-24-17-31(16-13-25(24)34-27)15-12-19-8-10-20(11-9-19)29-26(32)22-5-3-7-23-21(22)6-4-14-28-23/h3-7,14,18-20H,8-13,15-17H2,1-2H3,(H,29,32). The Morgan fingerprint density at radius 3 is 2.88 bits per heavy atom. The molecule has 0 radical (unpaired) electrons. The van der Waals surface area contributed by atoms with E-state index in [1.54, 1.807) is 17.5 Å². The Morgan fingerprint density at radius 2 is 2.06 bits per heavy atom. The largest absolute Gasteiger partial charge is 0.467 e.